The third-order valence-electron chi connectivity index (χ3n) is 2.91. The van der Waals surface area contributed by atoms with Crippen molar-refractivity contribution in [3.05, 3.63) is 26.6 Å². The summed E-state index contributed by atoms with van der Waals surface area (Å²) in [5.41, 5.74) is 0.335. The van der Waals surface area contributed by atoms with E-state index in [2.05, 4.69) is 42.5 Å². The number of halogens is 2. The first-order valence-corrected chi connectivity index (χ1v) is 7.34. The van der Waals surface area contributed by atoms with E-state index in [-0.39, 0.29) is 23.2 Å². The molecule has 0 bridgehead atoms. The lowest BCUT2D eigenvalue weighted by Gasteiger charge is -2.14. The predicted octanol–water partition coefficient (Wildman–Crippen LogP) is 2.60. The molecule has 7 heteroatoms. The average Bonchev–Trinajstić information content (AvgIpc) is 2.85. The van der Waals surface area contributed by atoms with Crippen LogP contribution < -0.4 is 10.6 Å². The van der Waals surface area contributed by atoms with Crippen molar-refractivity contribution < 1.29 is 14.7 Å². The SMILES string of the molecule is O=C(O)c1cc(Br)cc(Br)c1NC(=O)C1CCCN1. The maximum absolute atomic E-state index is 12.0. The van der Waals surface area contributed by atoms with Gasteiger partial charge in [-0.05, 0) is 47.4 Å². The molecular formula is C12H12Br2N2O3. The summed E-state index contributed by atoms with van der Waals surface area (Å²) in [6.07, 6.45) is 1.72. The van der Waals surface area contributed by atoms with Gasteiger partial charge in [-0.2, -0.15) is 0 Å². The molecule has 5 nitrogen and oxygen atoms in total. The summed E-state index contributed by atoms with van der Waals surface area (Å²) < 4.78 is 1.17. The molecule has 19 heavy (non-hydrogen) atoms. The van der Waals surface area contributed by atoms with Crippen molar-refractivity contribution in [1.29, 1.82) is 0 Å². The van der Waals surface area contributed by atoms with E-state index in [9.17, 15) is 14.7 Å². The smallest absolute Gasteiger partial charge is 0.337 e. The Morgan fingerprint density at radius 3 is 2.68 bits per heavy atom. The fourth-order valence-corrected chi connectivity index (χ4v) is 3.31. The van der Waals surface area contributed by atoms with E-state index < -0.39 is 5.97 Å². The topological polar surface area (TPSA) is 78.4 Å². The summed E-state index contributed by atoms with van der Waals surface area (Å²) >= 11 is 6.50. The highest BCUT2D eigenvalue weighted by Crippen LogP contribution is 2.31. The summed E-state index contributed by atoms with van der Waals surface area (Å²) in [5.74, 6) is -1.29. The van der Waals surface area contributed by atoms with Crippen LogP contribution in [-0.2, 0) is 4.79 Å². The monoisotopic (exact) mass is 390 g/mol. The van der Waals surface area contributed by atoms with Crippen LogP contribution in [0.4, 0.5) is 5.69 Å². The molecule has 1 fully saturated rings. The number of amides is 1. The molecule has 0 aromatic heterocycles. The van der Waals surface area contributed by atoms with Crippen LogP contribution in [-0.4, -0.2) is 29.6 Å². The number of carboxylic acids is 1. The van der Waals surface area contributed by atoms with E-state index in [0.29, 0.717) is 8.95 Å². The molecule has 1 aromatic rings. The Balaban J connectivity index is 2.28. The minimum Gasteiger partial charge on any atom is -0.478 e. The molecule has 3 N–H and O–H groups in total. The average molecular weight is 392 g/mol. The fraction of sp³-hybridized carbons (Fsp3) is 0.333. The van der Waals surface area contributed by atoms with Crippen LogP contribution in [0.5, 0.6) is 0 Å². The zero-order valence-electron chi connectivity index (χ0n) is 9.87. The maximum Gasteiger partial charge on any atom is 0.337 e. The number of carbonyl (C=O) groups excluding carboxylic acids is 1. The van der Waals surface area contributed by atoms with Crippen molar-refractivity contribution in [2.75, 3.05) is 11.9 Å². The Labute approximate surface area is 127 Å². The molecular weight excluding hydrogens is 380 g/mol. The van der Waals surface area contributed by atoms with Crippen LogP contribution in [0, 0.1) is 0 Å². The van der Waals surface area contributed by atoms with E-state index in [0.717, 1.165) is 19.4 Å². The number of aromatic carboxylic acids is 1. The number of hydrogen-bond donors (Lipinski definition) is 3. The number of hydrogen-bond acceptors (Lipinski definition) is 3. The summed E-state index contributed by atoms with van der Waals surface area (Å²) in [5, 5.41) is 14.9. The van der Waals surface area contributed by atoms with Crippen LogP contribution in [0.25, 0.3) is 0 Å². The Morgan fingerprint density at radius 1 is 1.37 bits per heavy atom. The predicted molar refractivity (Wildman–Crippen MR) is 78.5 cm³/mol. The normalized spacial score (nSPS) is 18.3. The molecule has 1 unspecified atom stereocenters. The zero-order valence-corrected chi connectivity index (χ0v) is 13.0. The van der Waals surface area contributed by atoms with E-state index in [4.69, 9.17) is 0 Å². The van der Waals surface area contributed by atoms with Crippen molar-refractivity contribution >= 4 is 49.4 Å². The molecule has 1 saturated heterocycles. The number of nitrogens with one attached hydrogen (secondary N) is 2. The largest absolute Gasteiger partial charge is 0.478 e. The number of rotatable bonds is 3. The highest BCUT2D eigenvalue weighted by atomic mass is 79.9. The maximum atomic E-state index is 12.0. The second-order valence-electron chi connectivity index (χ2n) is 4.25. The van der Waals surface area contributed by atoms with Gasteiger partial charge in [-0.1, -0.05) is 15.9 Å². The Kier molecular flexibility index (Phi) is 4.59. The molecule has 1 heterocycles. The van der Waals surface area contributed by atoms with Crippen molar-refractivity contribution in [3.63, 3.8) is 0 Å². The Bertz CT molecular complexity index is 528. The van der Waals surface area contributed by atoms with Crippen LogP contribution in [0.15, 0.2) is 21.1 Å². The van der Waals surface area contributed by atoms with Crippen molar-refractivity contribution in [2.45, 2.75) is 18.9 Å². The molecule has 2 rings (SSSR count). The second kappa shape index (κ2) is 6.02. The van der Waals surface area contributed by atoms with E-state index in [1.54, 1.807) is 6.07 Å². The first-order chi connectivity index (χ1) is 8.99. The van der Waals surface area contributed by atoms with Crippen LogP contribution in [0.3, 0.4) is 0 Å². The van der Waals surface area contributed by atoms with Gasteiger partial charge in [0.15, 0.2) is 0 Å². The summed E-state index contributed by atoms with van der Waals surface area (Å²) in [6, 6.07) is 2.91. The van der Waals surface area contributed by atoms with Crippen molar-refractivity contribution in [1.82, 2.24) is 5.32 Å². The number of benzene rings is 1. The minimum atomic E-state index is -1.09. The first kappa shape index (κ1) is 14.5. The lowest BCUT2D eigenvalue weighted by atomic mass is 10.1. The third kappa shape index (κ3) is 3.34. The summed E-state index contributed by atoms with van der Waals surface area (Å²) in [7, 11) is 0. The highest BCUT2D eigenvalue weighted by molar-refractivity contribution is 9.11. The molecule has 0 radical (unpaired) electrons. The molecule has 1 atom stereocenters. The van der Waals surface area contributed by atoms with Crippen molar-refractivity contribution in [3.8, 4) is 0 Å². The highest BCUT2D eigenvalue weighted by Gasteiger charge is 2.24. The van der Waals surface area contributed by atoms with Gasteiger partial charge >= 0.3 is 5.97 Å². The van der Waals surface area contributed by atoms with Gasteiger partial charge in [-0.3, -0.25) is 4.79 Å². The quantitative estimate of drug-likeness (QED) is 0.739. The number of carboxylic acid groups (broad SMARTS) is 1. The van der Waals surface area contributed by atoms with Gasteiger partial charge in [0.05, 0.1) is 17.3 Å². The molecule has 1 aliphatic heterocycles. The second-order valence-corrected chi connectivity index (χ2v) is 6.02. The molecule has 0 spiro atoms. The van der Waals surface area contributed by atoms with E-state index >= 15 is 0 Å². The van der Waals surface area contributed by atoms with Gasteiger partial charge < -0.3 is 15.7 Å². The standard InChI is InChI=1S/C12H12Br2N2O3/c13-6-4-7(12(18)19)10(8(14)5-6)16-11(17)9-2-1-3-15-9/h4-5,9,15H,1-3H2,(H,16,17)(H,18,19). The third-order valence-corrected chi connectivity index (χ3v) is 3.99. The van der Waals surface area contributed by atoms with Gasteiger partial charge in [-0.15, -0.1) is 0 Å². The molecule has 1 aromatic carbocycles. The first-order valence-electron chi connectivity index (χ1n) is 5.75. The fourth-order valence-electron chi connectivity index (χ4n) is 1.99. The Hall–Kier alpha value is -0.920. The summed E-state index contributed by atoms with van der Waals surface area (Å²) in [6.45, 7) is 0.811. The van der Waals surface area contributed by atoms with Crippen LogP contribution in [0.1, 0.15) is 23.2 Å². The van der Waals surface area contributed by atoms with Crippen LogP contribution >= 0.6 is 31.9 Å². The number of anilines is 1. The van der Waals surface area contributed by atoms with Gasteiger partial charge in [0.2, 0.25) is 5.91 Å². The lowest BCUT2D eigenvalue weighted by Crippen LogP contribution is -2.36. The molecule has 1 aliphatic rings. The van der Waals surface area contributed by atoms with Crippen molar-refractivity contribution in [2.24, 2.45) is 0 Å². The van der Waals surface area contributed by atoms with E-state index in [1.807, 2.05) is 0 Å². The molecule has 0 saturated carbocycles. The number of carbonyl (C=O) groups is 2. The lowest BCUT2D eigenvalue weighted by molar-refractivity contribution is -0.117. The minimum absolute atomic E-state index is 0.0487. The zero-order chi connectivity index (χ0) is 14.0. The van der Waals surface area contributed by atoms with E-state index in [1.165, 1.54) is 6.07 Å². The molecule has 1 amide bonds. The van der Waals surface area contributed by atoms with Gasteiger partial charge in [0.25, 0.3) is 0 Å². The summed E-state index contributed by atoms with van der Waals surface area (Å²) in [4.78, 5) is 23.2. The van der Waals surface area contributed by atoms with Gasteiger partial charge in [-0.25, -0.2) is 4.79 Å². The van der Waals surface area contributed by atoms with Gasteiger partial charge in [0, 0.05) is 8.95 Å². The van der Waals surface area contributed by atoms with Crippen LogP contribution in [0.2, 0.25) is 0 Å². The Morgan fingerprint density at radius 2 is 2.11 bits per heavy atom. The van der Waals surface area contributed by atoms with Gasteiger partial charge in [0.1, 0.15) is 0 Å². The molecule has 0 aliphatic carbocycles. The molecule has 102 valence electrons.